The SMILES string of the molecule is CCCCn1nc(C(=O)N(CC)CC)ccc1=O. The quantitative estimate of drug-likeness (QED) is 0.770. The van der Waals surface area contributed by atoms with Gasteiger partial charge in [0.25, 0.3) is 11.5 Å². The van der Waals surface area contributed by atoms with Crippen molar-refractivity contribution < 1.29 is 4.79 Å². The van der Waals surface area contributed by atoms with Gasteiger partial charge >= 0.3 is 0 Å². The molecule has 1 aromatic rings. The zero-order valence-electron chi connectivity index (χ0n) is 11.3. The van der Waals surface area contributed by atoms with Crippen LogP contribution in [0.15, 0.2) is 16.9 Å². The lowest BCUT2D eigenvalue weighted by Crippen LogP contribution is -2.33. The first-order valence-corrected chi connectivity index (χ1v) is 6.51. The molecule has 1 aromatic heterocycles. The van der Waals surface area contributed by atoms with Crippen LogP contribution in [-0.2, 0) is 6.54 Å². The zero-order chi connectivity index (χ0) is 13.5. The fourth-order valence-electron chi connectivity index (χ4n) is 1.70. The van der Waals surface area contributed by atoms with E-state index in [1.165, 1.54) is 16.8 Å². The van der Waals surface area contributed by atoms with Gasteiger partial charge in [-0.2, -0.15) is 5.10 Å². The Bertz CT molecular complexity index is 450. The molecule has 0 saturated carbocycles. The first kappa shape index (κ1) is 14.4. The Morgan fingerprint density at radius 1 is 1.28 bits per heavy atom. The van der Waals surface area contributed by atoms with Gasteiger partial charge in [0, 0.05) is 25.7 Å². The molecule has 0 radical (unpaired) electrons. The lowest BCUT2D eigenvalue weighted by molar-refractivity contribution is 0.0764. The molecule has 0 aliphatic heterocycles. The summed E-state index contributed by atoms with van der Waals surface area (Å²) in [6, 6.07) is 2.92. The van der Waals surface area contributed by atoms with E-state index in [0.29, 0.717) is 25.3 Å². The molecule has 0 fully saturated rings. The van der Waals surface area contributed by atoms with Crippen LogP contribution in [0.2, 0.25) is 0 Å². The summed E-state index contributed by atoms with van der Waals surface area (Å²) in [5, 5.41) is 4.14. The number of amides is 1. The average molecular weight is 251 g/mol. The monoisotopic (exact) mass is 251 g/mol. The maximum absolute atomic E-state index is 12.1. The highest BCUT2D eigenvalue weighted by molar-refractivity contribution is 5.92. The van der Waals surface area contributed by atoms with Crippen LogP contribution in [0.3, 0.4) is 0 Å². The highest BCUT2D eigenvalue weighted by atomic mass is 16.2. The summed E-state index contributed by atoms with van der Waals surface area (Å²) in [6.45, 7) is 7.75. The van der Waals surface area contributed by atoms with E-state index < -0.39 is 0 Å². The molecule has 0 bridgehead atoms. The standard InChI is InChI=1S/C13H21N3O2/c1-4-7-10-16-12(17)9-8-11(14-16)13(18)15(5-2)6-3/h8-9H,4-7,10H2,1-3H3. The van der Waals surface area contributed by atoms with Gasteiger partial charge in [0.15, 0.2) is 0 Å². The second kappa shape index (κ2) is 6.93. The summed E-state index contributed by atoms with van der Waals surface area (Å²) in [5.41, 5.74) is 0.189. The fourth-order valence-corrected chi connectivity index (χ4v) is 1.70. The molecule has 0 aliphatic carbocycles. The molecule has 1 rings (SSSR count). The van der Waals surface area contributed by atoms with Crippen molar-refractivity contribution >= 4 is 5.91 Å². The summed E-state index contributed by atoms with van der Waals surface area (Å²) < 4.78 is 1.38. The van der Waals surface area contributed by atoms with E-state index in [1.54, 1.807) is 4.90 Å². The van der Waals surface area contributed by atoms with Crippen molar-refractivity contribution in [2.75, 3.05) is 13.1 Å². The van der Waals surface area contributed by atoms with Crippen molar-refractivity contribution in [2.45, 2.75) is 40.2 Å². The molecule has 0 spiro atoms. The van der Waals surface area contributed by atoms with Crippen LogP contribution >= 0.6 is 0 Å². The van der Waals surface area contributed by atoms with Gasteiger partial charge in [0.2, 0.25) is 0 Å². The molecule has 0 aliphatic rings. The number of hydrogen-bond acceptors (Lipinski definition) is 3. The summed E-state index contributed by atoms with van der Waals surface area (Å²) in [5.74, 6) is -0.120. The molecule has 0 N–H and O–H groups in total. The Labute approximate surface area is 107 Å². The average Bonchev–Trinajstić information content (AvgIpc) is 2.39. The number of carbonyl (C=O) groups is 1. The molecule has 1 heterocycles. The van der Waals surface area contributed by atoms with E-state index in [0.717, 1.165) is 12.8 Å². The summed E-state index contributed by atoms with van der Waals surface area (Å²) in [6.07, 6.45) is 1.87. The normalized spacial score (nSPS) is 10.4. The largest absolute Gasteiger partial charge is 0.338 e. The zero-order valence-corrected chi connectivity index (χ0v) is 11.3. The number of aryl methyl sites for hydroxylation is 1. The van der Waals surface area contributed by atoms with Crippen LogP contribution in [0.4, 0.5) is 0 Å². The van der Waals surface area contributed by atoms with Gasteiger partial charge in [-0.1, -0.05) is 13.3 Å². The third kappa shape index (κ3) is 3.42. The molecule has 0 unspecified atom stereocenters. The number of unbranched alkanes of at least 4 members (excludes halogenated alkanes) is 1. The van der Waals surface area contributed by atoms with Crippen molar-refractivity contribution in [3.8, 4) is 0 Å². The number of aromatic nitrogens is 2. The number of hydrogen-bond donors (Lipinski definition) is 0. The Morgan fingerprint density at radius 3 is 2.50 bits per heavy atom. The lowest BCUT2D eigenvalue weighted by atomic mass is 10.3. The minimum atomic E-state index is -0.153. The third-order valence-electron chi connectivity index (χ3n) is 2.86. The first-order chi connectivity index (χ1) is 8.63. The van der Waals surface area contributed by atoms with Crippen LogP contribution in [0, 0.1) is 0 Å². The van der Waals surface area contributed by atoms with Crippen LogP contribution in [0.25, 0.3) is 0 Å². The van der Waals surface area contributed by atoms with E-state index in [-0.39, 0.29) is 11.5 Å². The van der Waals surface area contributed by atoms with Crippen LogP contribution in [-0.4, -0.2) is 33.7 Å². The molecule has 0 saturated heterocycles. The number of rotatable bonds is 6. The molecule has 0 aromatic carbocycles. The molecular formula is C13H21N3O2. The van der Waals surface area contributed by atoms with Crippen LogP contribution in [0.5, 0.6) is 0 Å². The highest BCUT2D eigenvalue weighted by Crippen LogP contribution is 2.00. The lowest BCUT2D eigenvalue weighted by Gasteiger charge is -2.18. The van der Waals surface area contributed by atoms with Gasteiger partial charge < -0.3 is 4.90 Å². The topological polar surface area (TPSA) is 55.2 Å². The van der Waals surface area contributed by atoms with E-state index in [2.05, 4.69) is 12.0 Å². The molecule has 5 nitrogen and oxygen atoms in total. The number of nitrogens with zero attached hydrogens (tertiary/aromatic N) is 3. The van der Waals surface area contributed by atoms with Crippen molar-refractivity contribution in [3.63, 3.8) is 0 Å². The second-order valence-corrected chi connectivity index (χ2v) is 4.11. The second-order valence-electron chi connectivity index (χ2n) is 4.11. The molecule has 5 heteroatoms. The predicted molar refractivity (Wildman–Crippen MR) is 70.7 cm³/mol. The summed E-state index contributed by atoms with van der Waals surface area (Å²) >= 11 is 0. The smallest absolute Gasteiger partial charge is 0.274 e. The van der Waals surface area contributed by atoms with Gasteiger partial charge in [-0.25, -0.2) is 4.68 Å². The van der Waals surface area contributed by atoms with Gasteiger partial charge in [-0.05, 0) is 26.3 Å². The fraction of sp³-hybridized carbons (Fsp3) is 0.615. The predicted octanol–water partition coefficient (Wildman–Crippen LogP) is 1.53. The minimum Gasteiger partial charge on any atom is -0.338 e. The van der Waals surface area contributed by atoms with Gasteiger partial charge in [-0.15, -0.1) is 0 Å². The Morgan fingerprint density at radius 2 is 1.94 bits per heavy atom. The molecule has 18 heavy (non-hydrogen) atoms. The molecular weight excluding hydrogens is 230 g/mol. The van der Waals surface area contributed by atoms with Gasteiger partial charge in [0.05, 0.1) is 0 Å². The van der Waals surface area contributed by atoms with Gasteiger partial charge in [-0.3, -0.25) is 9.59 Å². The van der Waals surface area contributed by atoms with Crippen molar-refractivity contribution in [2.24, 2.45) is 0 Å². The van der Waals surface area contributed by atoms with Crippen LogP contribution < -0.4 is 5.56 Å². The first-order valence-electron chi connectivity index (χ1n) is 6.51. The Hall–Kier alpha value is -1.65. The van der Waals surface area contributed by atoms with E-state index >= 15 is 0 Å². The van der Waals surface area contributed by atoms with Crippen molar-refractivity contribution in [1.82, 2.24) is 14.7 Å². The molecule has 100 valence electrons. The van der Waals surface area contributed by atoms with E-state index in [4.69, 9.17) is 0 Å². The maximum atomic E-state index is 12.1. The Balaban J connectivity index is 2.96. The Kier molecular flexibility index (Phi) is 5.55. The maximum Gasteiger partial charge on any atom is 0.274 e. The van der Waals surface area contributed by atoms with Gasteiger partial charge in [0.1, 0.15) is 5.69 Å². The van der Waals surface area contributed by atoms with E-state index in [9.17, 15) is 9.59 Å². The molecule has 0 atom stereocenters. The van der Waals surface area contributed by atoms with Crippen molar-refractivity contribution in [1.29, 1.82) is 0 Å². The van der Waals surface area contributed by atoms with Crippen molar-refractivity contribution in [3.05, 3.63) is 28.2 Å². The summed E-state index contributed by atoms with van der Waals surface area (Å²) in [7, 11) is 0. The molecule has 1 amide bonds. The van der Waals surface area contributed by atoms with Crippen LogP contribution in [0.1, 0.15) is 44.1 Å². The highest BCUT2D eigenvalue weighted by Gasteiger charge is 2.14. The number of carbonyl (C=O) groups excluding carboxylic acids is 1. The third-order valence-corrected chi connectivity index (χ3v) is 2.86. The minimum absolute atomic E-state index is 0.120. The van der Waals surface area contributed by atoms with E-state index in [1.807, 2.05) is 13.8 Å². The summed E-state index contributed by atoms with van der Waals surface area (Å²) in [4.78, 5) is 25.4.